The van der Waals surface area contributed by atoms with E-state index in [4.69, 9.17) is 10.5 Å². The maximum atomic E-state index is 11.8. The zero-order valence-corrected chi connectivity index (χ0v) is 11.7. The van der Waals surface area contributed by atoms with Gasteiger partial charge in [0.25, 0.3) is 0 Å². The van der Waals surface area contributed by atoms with E-state index in [9.17, 15) is 4.79 Å². The van der Waals surface area contributed by atoms with Gasteiger partial charge in [0.15, 0.2) is 0 Å². The minimum absolute atomic E-state index is 0.0691. The maximum Gasteiger partial charge on any atom is 0.223 e. The van der Waals surface area contributed by atoms with Crippen molar-refractivity contribution in [1.82, 2.24) is 0 Å². The quantitative estimate of drug-likeness (QED) is 0.905. The fraction of sp³-hybridized carbons (Fsp3) is 0.533. The zero-order chi connectivity index (χ0) is 13.8. The molecule has 19 heavy (non-hydrogen) atoms. The highest BCUT2D eigenvalue weighted by molar-refractivity contribution is 5.95. The third-order valence-electron chi connectivity index (χ3n) is 3.64. The van der Waals surface area contributed by atoms with E-state index in [1.54, 1.807) is 6.92 Å². The van der Waals surface area contributed by atoms with E-state index in [-0.39, 0.29) is 5.91 Å². The van der Waals surface area contributed by atoms with Crippen molar-refractivity contribution in [3.8, 4) is 5.75 Å². The minimum Gasteiger partial charge on any atom is -0.492 e. The number of hydrogen-bond donors (Lipinski definition) is 1. The van der Waals surface area contributed by atoms with E-state index >= 15 is 0 Å². The van der Waals surface area contributed by atoms with Crippen molar-refractivity contribution in [1.29, 1.82) is 0 Å². The Bertz CT molecular complexity index is 459. The van der Waals surface area contributed by atoms with Crippen molar-refractivity contribution >= 4 is 11.6 Å². The molecule has 0 fully saturated rings. The number of rotatable bonds is 4. The van der Waals surface area contributed by atoms with Gasteiger partial charge < -0.3 is 15.4 Å². The highest BCUT2D eigenvalue weighted by atomic mass is 16.5. The van der Waals surface area contributed by atoms with Crippen molar-refractivity contribution < 1.29 is 9.53 Å². The Balaban J connectivity index is 2.47. The molecule has 1 atom stereocenters. The lowest BCUT2D eigenvalue weighted by Gasteiger charge is -2.35. The third-order valence-corrected chi connectivity index (χ3v) is 3.64. The molecule has 0 bridgehead atoms. The Hall–Kier alpha value is -1.55. The van der Waals surface area contributed by atoms with Gasteiger partial charge in [-0.1, -0.05) is 12.1 Å². The summed E-state index contributed by atoms with van der Waals surface area (Å²) in [5.74, 6) is 1.30. The van der Waals surface area contributed by atoms with Crippen LogP contribution < -0.4 is 15.4 Å². The predicted octanol–water partition coefficient (Wildman–Crippen LogP) is 2.27. The molecule has 1 aromatic rings. The summed E-state index contributed by atoms with van der Waals surface area (Å²) in [7, 11) is 0. The molecule has 104 valence electrons. The number of fused-ring (bicyclic) bond motifs is 1. The molecule has 0 saturated heterocycles. The number of hydrogen-bond acceptors (Lipinski definition) is 3. The van der Waals surface area contributed by atoms with Crippen LogP contribution in [0.15, 0.2) is 18.2 Å². The van der Waals surface area contributed by atoms with Crippen molar-refractivity contribution in [3.05, 3.63) is 23.8 Å². The van der Waals surface area contributed by atoms with Crippen LogP contribution in [0.4, 0.5) is 5.69 Å². The topological polar surface area (TPSA) is 55.6 Å². The predicted molar refractivity (Wildman–Crippen MR) is 76.7 cm³/mol. The monoisotopic (exact) mass is 262 g/mol. The van der Waals surface area contributed by atoms with Gasteiger partial charge in [-0.25, -0.2) is 0 Å². The Kier molecular flexibility index (Phi) is 4.43. The van der Waals surface area contributed by atoms with Crippen LogP contribution in [0, 0.1) is 0 Å². The smallest absolute Gasteiger partial charge is 0.223 e. The first-order valence-electron chi connectivity index (χ1n) is 6.92. The Morgan fingerprint density at radius 2 is 2.32 bits per heavy atom. The average Bonchev–Trinajstić information content (AvgIpc) is 2.40. The largest absolute Gasteiger partial charge is 0.492 e. The summed E-state index contributed by atoms with van der Waals surface area (Å²) in [4.78, 5) is 13.7. The van der Waals surface area contributed by atoms with Gasteiger partial charge in [-0.3, -0.25) is 4.79 Å². The van der Waals surface area contributed by atoms with Crippen LogP contribution in [-0.2, 0) is 4.79 Å². The number of carbonyl (C=O) groups excluding carboxylic acids is 1. The van der Waals surface area contributed by atoms with Crippen LogP contribution in [0.25, 0.3) is 0 Å². The van der Waals surface area contributed by atoms with Crippen molar-refractivity contribution in [2.24, 2.45) is 5.73 Å². The van der Waals surface area contributed by atoms with Gasteiger partial charge in [-0.15, -0.1) is 0 Å². The molecule has 1 aromatic carbocycles. The second-order valence-electron chi connectivity index (χ2n) is 4.86. The maximum absolute atomic E-state index is 11.8. The summed E-state index contributed by atoms with van der Waals surface area (Å²) < 4.78 is 5.69. The fourth-order valence-electron chi connectivity index (χ4n) is 2.80. The molecule has 4 heteroatoms. The number of amides is 1. The molecule has 1 heterocycles. The molecular formula is C15H22N2O2. The first kappa shape index (κ1) is 13.9. The lowest BCUT2D eigenvalue weighted by atomic mass is 9.87. The third kappa shape index (κ3) is 2.73. The molecule has 1 unspecified atom stereocenters. The minimum atomic E-state index is 0.0691. The summed E-state index contributed by atoms with van der Waals surface area (Å²) in [6.45, 7) is 5.58. The Labute approximate surface area is 114 Å². The van der Waals surface area contributed by atoms with E-state index in [0.717, 1.165) is 30.8 Å². The summed E-state index contributed by atoms with van der Waals surface area (Å²) in [5.41, 5.74) is 7.83. The van der Waals surface area contributed by atoms with E-state index < -0.39 is 0 Å². The van der Waals surface area contributed by atoms with Gasteiger partial charge >= 0.3 is 0 Å². The number of benzene rings is 1. The van der Waals surface area contributed by atoms with Gasteiger partial charge in [0.1, 0.15) is 5.75 Å². The summed E-state index contributed by atoms with van der Waals surface area (Å²) in [6, 6.07) is 6.02. The summed E-state index contributed by atoms with van der Waals surface area (Å²) >= 11 is 0. The number of anilines is 1. The van der Waals surface area contributed by atoms with E-state index in [1.807, 2.05) is 24.0 Å². The molecule has 2 rings (SSSR count). The first-order valence-corrected chi connectivity index (χ1v) is 6.92. The molecule has 2 N–H and O–H groups in total. The highest BCUT2D eigenvalue weighted by Crippen LogP contribution is 2.42. The number of carbonyl (C=O) groups is 1. The van der Waals surface area contributed by atoms with E-state index in [2.05, 4.69) is 6.07 Å². The van der Waals surface area contributed by atoms with Crippen LogP contribution >= 0.6 is 0 Å². The van der Waals surface area contributed by atoms with Gasteiger partial charge in [0, 0.05) is 13.5 Å². The SMILES string of the molecule is CCOc1cccc2c1N(C(C)=O)CCC2CCN. The molecule has 4 nitrogen and oxygen atoms in total. The molecule has 0 aromatic heterocycles. The van der Waals surface area contributed by atoms with Gasteiger partial charge in [-0.05, 0) is 43.9 Å². The molecule has 1 amide bonds. The normalized spacial score (nSPS) is 18.1. The lowest BCUT2D eigenvalue weighted by molar-refractivity contribution is -0.116. The summed E-state index contributed by atoms with van der Waals surface area (Å²) in [6.07, 6.45) is 1.92. The number of nitrogens with zero attached hydrogens (tertiary/aromatic N) is 1. The van der Waals surface area contributed by atoms with Crippen LogP contribution in [0.2, 0.25) is 0 Å². The van der Waals surface area contributed by atoms with E-state index in [1.165, 1.54) is 5.56 Å². The number of nitrogens with two attached hydrogens (primary N) is 1. The second kappa shape index (κ2) is 6.06. The molecule has 0 saturated carbocycles. The van der Waals surface area contributed by atoms with Crippen molar-refractivity contribution in [2.45, 2.75) is 32.6 Å². The van der Waals surface area contributed by atoms with E-state index in [0.29, 0.717) is 19.1 Å². The standard InChI is InChI=1S/C15H22N2O2/c1-3-19-14-6-4-5-13-12(7-9-16)8-10-17(11(2)18)15(13)14/h4-6,12H,3,7-10,16H2,1-2H3. The van der Waals surface area contributed by atoms with Crippen LogP contribution in [0.1, 0.15) is 38.2 Å². The van der Waals surface area contributed by atoms with Gasteiger partial charge in [0.05, 0.1) is 12.3 Å². The second-order valence-corrected chi connectivity index (χ2v) is 4.86. The number of para-hydroxylation sites is 1. The average molecular weight is 262 g/mol. The lowest BCUT2D eigenvalue weighted by Crippen LogP contribution is -2.35. The van der Waals surface area contributed by atoms with Gasteiger partial charge in [0.2, 0.25) is 5.91 Å². The van der Waals surface area contributed by atoms with Crippen LogP contribution in [0.3, 0.4) is 0 Å². The number of ether oxygens (including phenoxy) is 1. The Morgan fingerprint density at radius 1 is 1.53 bits per heavy atom. The summed E-state index contributed by atoms with van der Waals surface area (Å²) in [5, 5.41) is 0. The molecule has 0 aliphatic carbocycles. The zero-order valence-electron chi connectivity index (χ0n) is 11.7. The molecular weight excluding hydrogens is 240 g/mol. The first-order chi connectivity index (χ1) is 9.19. The molecule has 0 spiro atoms. The van der Waals surface area contributed by atoms with Gasteiger partial charge in [-0.2, -0.15) is 0 Å². The van der Waals surface area contributed by atoms with Crippen molar-refractivity contribution in [2.75, 3.05) is 24.6 Å². The van der Waals surface area contributed by atoms with Crippen LogP contribution in [-0.4, -0.2) is 25.6 Å². The molecule has 1 aliphatic rings. The fourth-order valence-corrected chi connectivity index (χ4v) is 2.80. The molecule has 0 radical (unpaired) electrons. The van der Waals surface area contributed by atoms with Crippen LogP contribution in [0.5, 0.6) is 5.75 Å². The highest BCUT2D eigenvalue weighted by Gasteiger charge is 2.29. The Morgan fingerprint density at radius 3 is 2.95 bits per heavy atom. The molecule has 1 aliphatic heterocycles. The van der Waals surface area contributed by atoms with Crippen molar-refractivity contribution in [3.63, 3.8) is 0 Å².